The summed E-state index contributed by atoms with van der Waals surface area (Å²) in [4.78, 5) is 11.7. The van der Waals surface area contributed by atoms with Crippen molar-refractivity contribution in [3.8, 4) is 0 Å². The largest absolute Gasteiger partial charge is 0.444 e. The maximum Gasteiger partial charge on any atom is 0.407 e. The van der Waals surface area contributed by atoms with Gasteiger partial charge in [-0.25, -0.2) is 4.79 Å². The first-order valence-corrected chi connectivity index (χ1v) is 6.17. The number of nitrogens with two attached hydrogens (primary N) is 1. The van der Waals surface area contributed by atoms with Crippen LogP contribution in [0.4, 0.5) is 4.79 Å². The van der Waals surface area contributed by atoms with Gasteiger partial charge in [0.05, 0.1) is 12.1 Å². The number of methoxy groups -OCH3 is 1. The number of rotatable bonds is 4. The van der Waals surface area contributed by atoms with Gasteiger partial charge in [0.25, 0.3) is 0 Å². The lowest BCUT2D eigenvalue weighted by Gasteiger charge is -2.24. The van der Waals surface area contributed by atoms with Crippen LogP contribution in [0.15, 0.2) is 0 Å². The van der Waals surface area contributed by atoms with Crippen LogP contribution in [0.2, 0.25) is 0 Å². The van der Waals surface area contributed by atoms with Gasteiger partial charge >= 0.3 is 6.09 Å². The van der Waals surface area contributed by atoms with Gasteiger partial charge in [0.2, 0.25) is 0 Å². The van der Waals surface area contributed by atoms with Gasteiger partial charge in [-0.1, -0.05) is 0 Å². The maximum atomic E-state index is 11.7. The average Bonchev–Trinajstić information content (AvgIpc) is 2.52. The standard InChI is InChI=1S/C12H24N2O4/c1-12(2,3)18-11(15)14-9-5-8(13)6-10(9)17-7-16-4/h8-10H,5-7,13H2,1-4H3,(H,14,15)/t8-,9+,10-/m1/s1. The lowest BCUT2D eigenvalue weighted by Crippen LogP contribution is -2.43. The van der Waals surface area contributed by atoms with E-state index in [9.17, 15) is 4.79 Å². The van der Waals surface area contributed by atoms with Crippen LogP contribution < -0.4 is 11.1 Å². The van der Waals surface area contributed by atoms with Crippen molar-refractivity contribution in [3.05, 3.63) is 0 Å². The lowest BCUT2D eigenvalue weighted by atomic mass is 10.2. The van der Waals surface area contributed by atoms with E-state index in [2.05, 4.69) is 5.32 Å². The fourth-order valence-corrected chi connectivity index (χ4v) is 1.99. The summed E-state index contributed by atoms with van der Waals surface area (Å²) in [6.45, 7) is 5.67. The molecule has 0 saturated heterocycles. The summed E-state index contributed by atoms with van der Waals surface area (Å²) in [5.41, 5.74) is 5.37. The number of alkyl carbamates (subject to hydrolysis) is 1. The van der Waals surface area contributed by atoms with E-state index < -0.39 is 11.7 Å². The first-order chi connectivity index (χ1) is 8.31. The minimum absolute atomic E-state index is 0.0341. The van der Waals surface area contributed by atoms with Crippen LogP contribution in [-0.2, 0) is 14.2 Å². The summed E-state index contributed by atoms with van der Waals surface area (Å²) in [6.07, 6.45) is 0.845. The molecule has 6 heteroatoms. The van der Waals surface area contributed by atoms with E-state index in [1.807, 2.05) is 20.8 Å². The number of hydrogen-bond donors (Lipinski definition) is 2. The monoisotopic (exact) mass is 260 g/mol. The third kappa shape index (κ3) is 5.20. The minimum Gasteiger partial charge on any atom is -0.444 e. The molecule has 3 atom stereocenters. The molecule has 1 fully saturated rings. The van der Waals surface area contributed by atoms with Gasteiger partial charge in [-0.3, -0.25) is 0 Å². The number of ether oxygens (including phenoxy) is 3. The van der Waals surface area contributed by atoms with Crippen molar-refractivity contribution in [2.24, 2.45) is 5.73 Å². The van der Waals surface area contributed by atoms with Gasteiger partial charge in [0, 0.05) is 13.2 Å². The molecule has 0 spiro atoms. The number of carbonyl (C=O) groups is 1. The number of amides is 1. The molecule has 1 aliphatic carbocycles. The maximum absolute atomic E-state index is 11.7. The van der Waals surface area contributed by atoms with Crippen LogP contribution >= 0.6 is 0 Å². The van der Waals surface area contributed by atoms with E-state index in [1.54, 1.807) is 7.11 Å². The number of hydrogen-bond acceptors (Lipinski definition) is 5. The van der Waals surface area contributed by atoms with E-state index >= 15 is 0 Å². The summed E-state index contributed by atoms with van der Waals surface area (Å²) in [6, 6.07) is -0.0863. The molecule has 1 rings (SSSR count). The normalized spacial score (nSPS) is 28.2. The highest BCUT2D eigenvalue weighted by Gasteiger charge is 2.35. The Morgan fingerprint density at radius 1 is 1.39 bits per heavy atom. The molecule has 0 aromatic rings. The van der Waals surface area contributed by atoms with Crippen molar-refractivity contribution in [3.63, 3.8) is 0 Å². The van der Waals surface area contributed by atoms with Gasteiger partial charge in [-0.15, -0.1) is 0 Å². The zero-order valence-corrected chi connectivity index (χ0v) is 11.6. The Balaban J connectivity index is 2.45. The predicted octanol–water partition coefficient (Wildman–Crippen LogP) is 0.990. The molecule has 6 nitrogen and oxygen atoms in total. The molecule has 0 aromatic carbocycles. The van der Waals surface area contributed by atoms with E-state index in [4.69, 9.17) is 19.9 Å². The quantitative estimate of drug-likeness (QED) is 0.737. The molecule has 0 radical (unpaired) electrons. The van der Waals surface area contributed by atoms with Crippen molar-refractivity contribution in [1.29, 1.82) is 0 Å². The molecule has 0 heterocycles. The van der Waals surface area contributed by atoms with Crippen molar-refractivity contribution in [2.45, 2.75) is 57.4 Å². The Hall–Kier alpha value is -0.850. The van der Waals surface area contributed by atoms with Gasteiger partial charge < -0.3 is 25.3 Å². The second-order valence-corrected chi connectivity index (χ2v) is 5.60. The smallest absolute Gasteiger partial charge is 0.407 e. The summed E-state index contributed by atoms with van der Waals surface area (Å²) in [5.74, 6) is 0. The van der Waals surface area contributed by atoms with Crippen molar-refractivity contribution in [2.75, 3.05) is 13.9 Å². The Labute approximate surface area is 108 Å². The van der Waals surface area contributed by atoms with Gasteiger partial charge in [0.1, 0.15) is 12.4 Å². The van der Waals surface area contributed by atoms with Crippen LogP contribution in [-0.4, -0.2) is 43.8 Å². The molecule has 18 heavy (non-hydrogen) atoms. The first-order valence-electron chi connectivity index (χ1n) is 6.17. The Morgan fingerprint density at radius 3 is 2.61 bits per heavy atom. The summed E-state index contributed by atoms with van der Waals surface area (Å²) < 4.78 is 15.6. The number of nitrogens with one attached hydrogen (secondary N) is 1. The van der Waals surface area contributed by atoms with E-state index in [1.165, 1.54) is 0 Å². The van der Waals surface area contributed by atoms with Crippen LogP contribution in [0, 0.1) is 0 Å². The molecule has 1 aliphatic rings. The summed E-state index contributed by atoms with van der Waals surface area (Å²) >= 11 is 0. The molecule has 0 bridgehead atoms. The van der Waals surface area contributed by atoms with Crippen LogP contribution in [0.3, 0.4) is 0 Å². The van der Waals surface area contributed by atoms with Crippen molar-refractivity contribution < 1.29 is 19.0 Å². The predicted molar refractivity (Wildman–Crippen MR) is 67.1 cm³/mol. The lowest BCUT2D eigenvalue weighted by molar-refractivity contribution is -0.0771. The Morgan fingerprint density at radius 2 is 2.06 bits per heavy atom. The Bertz CT molecular complexity index is 278. The third-order valence-corrected chi connectivity index (χ3v) is 2.64. The topological polar surface area (TPSA) is 82.8 Å². The fourth-order valence-electron chi connectivity index (χ4n) is 1.99. The van der Waals surface area contributed by atoms with Gasteiger partial charge in [-0.2, -0.15) is 0 Å². The summed E-state index contributed by atoms with van der Waals surface area (Å²) in [5, 5.41) is 2.80. The second kappa shape index (κ2) is 6.36. The number of carbonyl (C=O) groups excluding carboxylic acids is 1. The highest BCUT2D eigenvalue weighted by Crippen LogP contribution is 2.22. The average molecular weight is 260 g/mol. The molecule has 106 valence electrons. The van der Waals surface area contributed by atoms with Crippen molar-refractivity contribution >= 4 is 6.09 Å². The minimum atomic E-state index is -0.506. The van der Waals surface area contributed by atoms with Crippen LogP contribution in [0.1, 0.15) is 33.6 Å². The highest BCUT2D eigenvalue weighted by molar-refractivity contribution is 5.68. The van der Waals surface area contributed by atoms with E-state index in [0.29, 0.717) is 12.8 Å². The van der Waals surface area contributed by atoms with Crippen LogP contribution in [0.25, 0.3) is 0 Å². The fraction of sp³-hybridized carbons (Fsp3) is 0.917. The molecule has 3 N–H and O–H groups in total. The molecule has 0 unspecified atom stereocenters. The van der Waals surface area contributed by atoms with Gasteiger partial charge in [0.15, 0.2) is 0 Å². The third-order valence-electron chi connectivity index (χ3n) is 2.64. The SMILES string of the molecule is COCO[C@@H]1C[C@H](N)C[C@@H]1NC(=O)OC(C)(C)C. The van der Waals surface area contributed by atoms with Crippen LogP contribution in [0.5, 0.6) is 0 Å². The summed E-state index contributed by atoms with van der Waals surface area (Å²) in [7, 11) is 1.56. The zero-order chi connectivity index (χ0) is 13.8. The Kier molecular flexibility index (Phi) is 5.37. The van der Waals surface area contributed by atoms with E-state index in [-0.39, 0.29) is 25.0 Å². The molecule has 1 amide bonds. The first kappa shape index (κ1) is 15.2. The molecule has 0 aromatic heterocycles. The molecule has 0 aliphatic heterocycles. The molecular formula is C12H24N2O4. The van der Waals surface area contributed by atoms with Crippen molar-refractivity contribution in [1.82, 2.24) is 5.32 Å². The van der Waals surface area contributed by atoms with E-state index in [0.717, 1.165) is 0 Å². The molecular weight excluding hydrogens is 236 g/mol. The van der Waals surface area contributed by atoms with Gasteiger partial charge in [-0.05, 0) is 33.6 Å². The molecule has 1 saturated carbocycles. The highest BCUT2D eigenvalue weighted by atomic mass is 16.7. The zero-order valence-electron chi connectivity index (χ0n) is 11.6. The second-order valence-electron chi connectivity index (χ2n) is 5.60.